The van der Waals surface area contributed by atoms with Crippen LogP contribution in [0.1, 0.15) is 18.4 Å². The standard InChI is InChI=1S/C19H15N5O2S2/c1-12-21-17-16(8-9-27-17)18(26)24(12)20-10-14-11-28-19(22-14)23(13(2)25)15-6-4-3-5-7-15/h3-11H,1-2H3/b20-10-. The summed E-state index contributed by atoms with van der Waals surface area (Å²) in [4.78, 5) is 35.8. The predicted octanol–water partition coefficient (Wildman–Crippen LogP) is 3.79. The van der Waals surface area contributed by atoms with Gasteiger partial charge in [0, 0.05) is 12.3 Å². The molecule has 0 aliphatic heterocycles. The normalized spacial score (nSPS) is 11.4. The van der Waals surface area contributed by atoms with Gasteiger partial charge in [0.25, 0.3) is 5.56 Å². The Kier molecular flexibility index (Phi) is 4.84. The van der Waals surface area contributed by atoms with Crippen LogP contribution in [0.15, 0.2) is 57.1 Å². The maximum absolute atomic E-state index is 12.6. The van der Waals surface area contributed by atoms with E-state index >= 15 is 0 Å². The lowest BCUT2D eigenvalue weighted by molar-refractivity contribution is -0.115. The largest absolute Gasteiger partial charge is 0.282 e. The number of amides is 1. The Bertz CT molecular complexity index is 1240. The van der Waals surface area contributed by atoms with Crippen LogP contribution in [0.4, 0.5) is 10.8 Å². The number of hydrogen-bond donors (Lipinski definition) is 0. The fourth-order valence-electron chi connectivity index (χ4n) is 2.70. The van der Waals surface area contributed by atoms with Crippen molar-refractivity contribution in [1.82, 2.24) is 14.6 Å². The zero-order valence-corrected chi connectivity index (χ0v) is 16.7. The first-order valence-electron chi connectivity index (χ1n) is 8.37. The second-order valence-electron chi connectivity index (χ2n) is 5.90. The quantitative estimate of drug-likeness (QED) is 0.480. The van der Waals surface area contributed by atoms with Gasteiger partial charge in [-0.15, -0.1) is 22.7 Å². The van der Waals surface area contributed by atoms with E-state index in [1.165, 1.54) is 40.5 Å². The molecule has 7 nitrogen and oxygen atoms in total. The molecule has 0 spiro atoms. The average molecular weight is 409 g/mol. The zero-order chi connectivity index (χ0) is 19.7. The molecule has 0 fully saturated rings. The second-order valence-corrected chi connectivity index (χ2v) is 7.64. The van der Waals surface area contributed by atoms with E-state index in [0.29, 0.717) is 26.9 Å². The van der Waals surface area contributed by atoms with Crippen LogP contribution >= 0.6 is 22.7 Å². The fraction of sp³-hybridized carbons (Fsp3) is 0.105. The van der Waals surface area contributed by atoms with Crippen molar-refractivity contribution in [3.05, 3.63) is 69.0 Å². The van der Waals surface area contributed by atoms with Gasteiger partial charge in [0.15, 0.2) is 5.13 Å². The summed E-state index contributed by atoms with van der Waals surface area (Å²) in [6, 6.07) is 11.1. The number of fused-ring (bicyclic) bond motifs is 1. The smallest absolute Gasteiger partial charge is 0.274 e. The molecule has 3 heterocycles. The third kappa shape index (κ3) is 3.37. The molecule has 0 saturated heterocycles. The number of carbonyl (C=O) groups excluding carboxylic acids is 1. The van der Waals surface area contributed by atoms with Crippen molar-refractivity contribution in [1.29, 1.82) is 0 Å². The molecule has 0 saturated carbocycles. The lowest BCUT2D eigenvalue weighted by Gasteiger charge is -2.17. The highest BCUT2D eigenvalue weighted by Crippen LogP contribution is 2.28. The molecule has 0 atom stereocenters. The SMILES string of the molecule is CC(=O)N(c1ccccc1)c1nc(/C=N\n2c(C)nc3sccc3c2=O)cs1. The highest BCUT2D eigenvalue weighted by molar-refractivity contribution is 7.16. The minimum Gasteiger partial charge on any atom is -0.274 e. The number of para-hydroxylation sites is 1. The molecule has 28 heavy (non-hydrogen) atoms. The number of nitrogens with zero attached hydrogens (tertiary/aromatic N) is 5. The Morgan fingerprint density at radius 3 is 2.71 bits per heavy atom. The zero-order valence-electron chi connectivity index (χ0n) is 15.1. The molecule has 1 aromatic carbocycles. The number of thiophene rings is 1. The Labute approximate surface area is 168 Å². The van der Waals surface area contributed by atoms with Crippen LogP contribution in [-0.4, -0.2) is 26.8 Å². The third-order valence-electron chi connectivity index (χ3n) is 3.97. The molecular formula is C19H15N5O2S2. The molecule has 4 aromatic rings. The molecule has 9 heteroatoms. The van der Waals surface area contributed by atoms with Crippen molar-refractivity contribution in [3.63, 3.8) is 0 Å². The summed E-state index contributed by atoms with van der Waals surface area (Å²) in [5.41, 5.74) is 1.08. The van der Waals surface area contributed by atoms with Crippen molar-refractivity contribution >= 4 is 55.8 Å². The highest BCUT2D eigenvalue weighted by Gasteiger charge is 2.17. The van der Waals surface area contributed by atoms with E-state index in [2.05, 4.69) is 15.1 Å². The molecule has 0 bridgehead atoms. The summed E-state index contributed by atoms with van der Waals surface area (Å²) in [6.45, 7) is 3.23. The third-order valence-corrected chi connectivity index (χ3v) is 5.62. The minimum atomic E-state index is -0.217. The van der Waals surface area contributed by atoms with Gasteiger partial charge in [-0.05, 0) is 30.5 Å². The number of aromatic nitrogens is 3. The molecule has 0 unspecified atom stereocenters. The molecule has 3 aromatic heterocycles. The number of aryl methyl sites for hydroxylation is 1. The topological polar surface area (TPSA) is 80.5 Å². The van der Waals surface area contributed by atoms with Gasteiger partial charge in [0.2, 0.25) is 5.91 Å². The van der Waals surface area contributed by atoms with E-state index < -0.39 is 0 Å². The van der Waals surface area contributed by atoms with Gasteiger partial charge in [-0.2, -0.15) is 9.78 Å². The molecule has 1 amide bonds. The highest BCUT2D eigenvalue weighted by atomic mass is 32.1. The molecule has 4 rings (SSSR count). The maximum Gasteiger partial charge on any atom is 0.282 e. The van der Waals surface area contributed by atoms with Gasteiger partial charge >= 0.3 is 0 Å². The first-order valence-corrected chi connectivity index (χ1v) is 10.1. The summed E-state index contributed by atoms with van der Waals surface area (Å²) >= 11 is 2.75. The number of rotatable bonds is 4. The van der Waals surface area contributed by atoms with Crippen molar-refractivity contribution in [2.75, 3.05) is 4.90 Å². The molecule has 0 aliphatic carbocycles. The van der Waals surface area contributed by atoms with E-state index in [1.807, 2.05) is 35.7 Å². The van der Waals surface area contributed by atoms with E-state index in [-0.39, 0.29) is 11.5 Å². The Hall–Kier alpha value is -3.17. The molecule has 0 aliphatic rings. The number of thiazole rings is 1. The van der Waals surface area contributed by atoms with Crippen molar-refractivity contribution in [2.45, 2.75) is 13.8 Å². The van der Waals surface area contributed by atoms with Gasteiger partial charge in [0.1, 0.15) is 10.7 Å². The van der Waals surface area contributed by atoms with E-state index in [1.54, 1.807) is 23.3 Å². The van der Waals surface area contributed by atoms with Crippen LogP contribution < -0.4 is 10.5 Å². The first-order chi connectivity index (χ1) is 13.5. The summed E-state index contributed by atoms with van der Waals surface area (Å²) in [7, 11) is 0. The van der Waals surface area contributed by atoms with Crippen molar-refractivity contribution < 1.29 is 4.79 Å². The number of carbonyl (C=O) groups is 1. The van der Waals surface area contributed by atoms with Crippen LogP contribution in [0.5, 0.6) is 0 Å². The molecule has 140 valence electrons. The van der Waals surface area contributed by atoms with Gasteiger partial charge < -0.3 is 0 Å². The molecular weight excluding hydrogens is 394 g/mol. The predicted molar refractivity (Wildman–Crippen MR) is 113 cm³/mol. The van der Waals surface area contributed by atoms with Gasteiger partial charge in [-0.3, -0.25) is 14.5 Å². The Morgan fingerprint density at radius 1 is 1.18 bits per heavy atom. The number of anilines is 2. The van der Waals surface area contributed by atoms with Crippen molar-refractivity contribution in [2.24, 2.45) is 5.10 Å². The monoisotopic (exact) mass is 409 g/mol. The summed E-state index contributed by atoms with van der Waals surface area (Å²) in [6.07, 6.45) is 1.50. The average Bonchev–Trinajstić information content (AvgIpc) is 3.32. The van der Waals surface area contributed by atoms with Crippen LogP contribution in [0.3, 0.4) is 0 Å². The lowest BCUT2D eigenvalue weighted by atomic mass is 10.3. The number of hydrogen-bond acceptors (Lipinski definition) is 7. The Morgan fingerprint density at radius 2 is 1.96 bits per heavy atom. The summed E-state index contributed by atoms with van der Waals surface area (Å²) in [5, 5.41) is 8.95. The maximum atomic E-state index is 12.6. The van der Waals surface area contributed by atoms with Gasteiger partial charge in [0.05, 0.1) is 23.0 Å². The van der Waals surface area contributed by atoms with Crippen LogP contribution in [-0.2, 0) is 4.79 Å². The van der Waals surface area contributed by atoms with Crippen LogP contribution in [0.2, 0.25) is 0 Å². The summed E-state index contributed by atoms with van der Waals surface area (Å²) in [5.74, 6) is 0.365. The van der Waals surface area contributed by atoms with E-state index in [0.717, 1.165) is 5.69 Å². The second kappa shape index (κ2) is 7.45. The first kappa shape index (κ1) is 18.2. The van der Waals surface area contributed by atoms with Crippen LogP contribution in [0, 0.1) is 6.92 Å². The van der Waals surface area contributed by atoms with E-state index in [9.17, 15) is 9.59 Å². The fourth-order valence-corrected chi connectivity index (χ4v) is 4.34. The van der Waals surface area contributed by atoms with Crippen LogP contribution in [0.25, 0.3) is 10.2 Å². The Balaban J connectivity index is 1.67. The molecule has 0 radical (unpaired) electrons. The van der Waals surface area contributed by atoms with Crippen molar-refractivity contribution in [3.8, 4) is 0 Å². The molecule has 0 N–H and O–H groups in total. The van der Waals surface area contributed by atoms with Gasteiger partial charge in [-0.1, -0.05) is 18.2 Å². The van der Waals surface area contributed by atoms with Gasteiger partial charge in [-0.25, -0.2) is 9.97 Å². The lowest BCUT2D eigenvalue weighted by Crippen LogP contribution is -2.22. The van der Waals surface area contributed by atoms with E-state index in [4.69, 9.17) is 0 Å². The number of benzene rings is 1. The summed E-state index contributed by atoms with van der Waals surface area (Å²) < 4.78 is 1.26. The minimum absolute atomic E-state index is 0.136.